The molecule has 0 saturated carbocycles. The number of anilines is 1. The second-order valence-corrected chi connectivity index (χ2v) is 8.86. The summed E-state index contributed by atoms with van der Waals surface area (Å²) in [5, 5.41) is 15.1. The highest BCUT2D eigenvalue weighted by Crippen LogP contribution is 2.26. The summed E-state index contributed by atoms with van der Waals surface area (Å²) in [5.74, 6) is -0.354. The van der Waals surface area contributed by atoms with Crippen molar-refractivity contribution in [2.24, 2.45) is 0 Å². The number of nitrogens with zero attached hydrogens (tertiary/aromatic N) is 1. The highest BCUT2D eigenvalue weighted by Gasteiger charge is 2.34. The first-order chi connectivity index (χ1) is 16.4. The molecule has 0 spiro atoms. The molecule has 3 amide bonds. The van der Waals surface area contributed by atoms with Gasteiger partial charge in [-0.2, -0.15) is 0 Å². The number of alkyl carbamates (subject to hydrolysis) is 1. The predicted octanol–water partition coefficient (Wildman–Crippen LogP) is 4.01. The van der Waals surface area contributed by atoms with Crippen LogP contribution in [0.4, 0.5) is 10.5 Å². The van der Waals surface area contributed by atoms with Crippen molar-refractivity contribution in [2.45, 2.75) is 45.4 Å². The van der Waals surface area contributed by atoms with E-state index >= 15 is 0 Å². The molecule has 2 atom stereocenters. The lowest BCUT2D eigenvalue weighted by molar-refractivity contribution is -0.139. The molecule has 0 bridgehead atoms. The number of ether oxygens (including phenoxy) is 2. The van der Waals surface area contributed by atoms with Crippen LogP contribution in [0.5, 0.6) is 11.5 Å². The van der Waals surface area contributed by atoms with Crippen LogP contribution in [0.3, 0.4) is 0 Å². The molecule has 188 valence electrons. The summed E-state index contributed by atoms with van der Waals surface area (Å²) in [6.45, 7) is 10.4. The Bertz CT molecular complexity index is 1030. The molecule has 9 heteroatoms. The molecule has 2 rings (SSSR count). The number of methoxy groups -OCH3 is 1. The molecular weight excluding hydrogens is 450 g/mol. The van der Waals surface area contributed by atoms with E-state index in [0.29, 0.717) is 17.0 Å². The zero-order valence-corrected chi connectivity index (χ0v) is 20.7. The third-order valence-corrected chi connectivity index (χ3v) is 4.84. The molecule has 3 N–H and O–H groups in total. The van der Waals surface area contributed by atoms with E-state index in [-0.39, 0.29) is 12.3 Å². The first-order valence-corrected chi connectivity index (χ1v) is 11.1. The van der Waals surface area contributed by atoms with Gasteiger partial charge in [0.2, 0.25) is 5.91 Å². The normalized spacial score (nSPS) is 12.6. The molecule has 0 aliphatic heterocycles. The van der Waals surface area contributed by atoms with Gasteiger partial charge in [-0.1, -0.05) is 18.2 Å². The predicted molar refractivity (Wildman–Crippen MR) is 133 cm³/mol. The number of phenols is 1. The van der Waals surface area contributed by atoms with E-state index < -0.39 is 35.6 Å². The van der Waals surface area contributed by atoms with E-state index in [1.165, 1.54) is 30.0 Å². The molecule has 0 aliphatic carbocycles. The smallest absolute Gasteiger partial charge is 0.408 e. The summed E-state index contributed by atoms with van der Waals surface area (Å²) in [7, 11) is 1.54. The number of aromatic hydroxyl groups is 1. The van der Waals surface area contributed by atoms with Crippen molar-refractivity contribution in [1.82, 2.24) is 10.2 Å². The van der Waals surface area contributed by atoms with E-state index in [0.717, 1.165) is 0 Å². The Morgan fingerprint density at radius 3 is 2.20 bits per heavy atom. The quantitative estimate of drug-likeness (QED) is 0.464. The Morgan fingerprint density at radius 2 is 1.69 bits per heavy atom. The van der Waals surface area contributed by atoms with Gasteiger partial charge < -0.3 is 30.1 Å². The number of carbonyl (C=O) groups is 3. The van der Waals surface area contributed by atoms with Crippen molar-refractivity contribution < 1.29 is 29.0 Å². The molecule has 2 aromatic rings. The molecule has 0 aromatic heterocycles. The number of amides is 3. The van der Waals surface area contributed by atoms with Gasteiger partial charge in [0.1, 0.15) is 29.2 Å². The maximum absolute atomic E-state index is 13.5. The molecule has 0 radical (unpaired) electrons. The van der Waals surface area contributed by atoms with Gasteiger partial charge in [-0.05, 0) is 69.7 Å². The SMILES string of the molecule is C=CCN(C(=O)C(C)NC(=O)OC(C)(C)C)C(C(=O)Nc1ccc(OC)cc1)c1ccc(O)cc1. The Labute approximate surface area is 205 Å². The van der Waals surface area contributed by atoms with Crippen LogP contribution in [0, 0.1) is 0 Å². The van der Waals surface area contributed by atoms with Crippen molar-refractivity contribution in [2.75, 3.05) is 19.0 Å². The van der Waals surface area contributed by atoms with Gasteiger partial charge in [-0.25, -0.2) is 4.79 Å². The maximum atomic E-state index is 13.5. The van der Waals surface area contributed by atoms with E-state index in [1.54, 1.807) is 64.3 Å². The van der Waals surface area contributed by atoms with Crippen LogP contribution in [0.1, 0.15) is 39.3 Å². The summed E-state index contributed by atoms with van der Waals surface area (Å²) >= 11 is 0. The molecule has 0 fully saturated rings. The van der Waals surface area contributed by atoms with Gasteiger partial charge >= 0.3 is 6.09 Å². The van der Waals surface area contributed by atoms with Gasteiger partial charge in [-0.15, -0.1) is 6.58 Å². The van der Waals surface area contributed by atoms with E-state index in [1.807, 2.05) is 0 Å². The Morgan fingerprint density at radius 1 is 1.09 bits per heavy atom. The first kappa shape index (κ1) is 27.2. The van der Waals surface area contributed by atoms with Crippen LogP contribution < -0.4 is 15.4 Å². The Balaban J connectivity index is 2.36. The number of carbonyl (C=O) groups excluding carboxylic acids is 3. The summed E-state index contributed by atoms with van der Waals surface area (Å²) < 4.78 is 10.4. The average molecular weight is 484 g/mol. The van der Waals surface area contributed by atoms with Gasteiger partial charge in [-0.3, -0.25) is 9.59 Å². The third kappa shape index (κ3) is 8.06. The Hall–Kier alpha value is -4.01. The highest BCUT2D eigenvalue weighted by atomic mass is 16.6. The molecule has 35 heavy (non-hydrogen) atoms. The van der Waals surface area contributed by atoms with Crippen LogP contribution in [0.15, 0.2) is 61.2 Å². The van der Waals surface area contributed by atoms with Crippen LogP contribution >= 0.6 is 0 Å². The number of hydrogen-bond acceptors (Lipinski definition) is 6. The van der Waals surface area contributed by atoms with Crippen LogP contribution in [0.2, 0.25) is 0 Å². The highest BCUT2D eigenvalue weighted by molar-refractivity contribution is 5.99. The minimum Gasteiger partial charge on any atom is -0.508 e. The van der Waals surface area contributed by atoms with E-state index in [2.05, 4.69) is 17.2 Å². The molecular formula is C26H33N3O6. The molecule has 0 heterocycles. The number of rotatable bonds is 9. The van der Waals surface area contributed by atoms with Crippen LogP contribution in [-0.4, -0.2) is 53.2 Å². The molecule has 0 saturated heterocycles. The second-order valence-electron chi connectivity index (χ2n) is 8.86. The van der Waals surface area contributed by atoms with E-state index in [9.17, 15) is 19.5 Å². The van der Waals surface area contributed by atoms with Crippen molar-refractivity contribution in [3.63, 3.8) is 0 Å². The van der Waals surface area contributed by atoms with Gasteiger partial charge in [0.25, 0.3) is 5.91 Å². The fraction of sp³-hybridized carbons (Fsp3) is 0.346. The Kier molecular flexibility index (Phi) is 9.27. The fourth-order valence-corrected chi connectivity index (χ4v) is 3.27. The van der Waals surface area contributed by atoms with Crippen molar-refractivity contribution in [3.8, 4) is 11.5 Å². The van der Waals surface area contributed by atoms with Gasteiger partial charge in [0.15, 0.2) is 0 Å². The van der Waals surface area contributed by atoms with Crippen LogP contribution in [-0.2, 0) is 14.3 Å². The second kappa shape index (κ2) is 11.9. The van der Waals surface area contributed by atoms with Crippen molar-refractivity contribution >= 4 is 23.6 Å². The maximum Gasteiger partial charge on any atom is 0.408 e. The third-order valence-electron chi connectivity index (χ3n) is 4.84. The zero-order valence-electron chi connectivity index (χ0n) is 20.7. The summed E-state index contributed by atoms with van der Waals surface area (Å²) in [6.07, 6.45) is 0.743. The first-order valence-electron chi connectivity index (χ1n) is 11.1. The van der Waals surface area contributed by atoms with Crippen molar-refractivity contribution in [3.05, 3.63) is 66.7 Å². The molecule has 0 aliphatic rings. The summed E-state index contributed by atoms with van der Waals surface area (Å²) in [6, 6.07) is 10.7. The lowest BCUT2D eigenvalue weighted by Gasteiger charge is -2.33. The molecule has 9 nitrogen and oxygen atoms in total. The minimum absolute atomic E-state index is 0.0182. The average Bonchev–Trinajstić information content (AvgIpc) is 2.78. The lowest BCUT2D eigenvalue weighted by Crippen LogP contribution is -2.51. The largest absolute Gasteiger partial charge is 0.508 e. The van der Waals surface area contributed by atoms with Crippen LogP contribution in [0.25, 0.3) is 0 Å². The monoisotopic (exact) mass is 483 g/mol. The topological polar surface area (TPSA) is 117 Å². The summed E-state index contributed by atoms with van der Waals surface area (Å²) in [4.78, 5) is 40.4. The number of hydrogen-bond donors (Lipinski definition) is 3. The molecule has 2 aromatic carbocycles. The van der Waals surface area contributed by atoms with Gasteiger partial charge in [0, 0.05) is 12.2 Å². The number of phenolic OH excluding ortho intramolecular Hbond substituents is 1. The number of benzene rings is 2. The standard InChI is InChI=1S/C26H33N3O6/c1-7-16-29(24(32)17(2)27-25(33)35-26(3,4)5)22(18-8-12-20(30)13-9-18)23(31)28-19-10-14-21(34-6)15-11-19/h7-15,17,22,30H,1,16H2,2-6H3,(H,27,33)(H,28,31). The fourth-order valence-electron chi connectivity index (χ4n) is 3.27. The van der Waals surface area contributed by atoms with E-state index in [4.69, 9.17) is 9.47 Å². The minimum atomic E-state index is -1.08. The lowest BCUT2D eigenvalue weighted by atomic mass is 10.0. The van der Waals surface area contributed by atoms with Crippen molar-refractivity contribution in [1.29, 1.82) is 0 Å². The molecule has 2 unspecified atom stereocenters. The summed E-state index contributed by atoms with van der Waals surface area (Å²) in [5.41, 5.74) is 0.236. The number of nitrogens with one attached hydrogen (secondary N) is 2. The van der Waals surface area contributed by atoms with Gasteiger partial charge in [0.05, 0.1) is 7.11 Å². The zero-order chi connectivity index (χ0) is 26.2.